The first-order valence-electron chi connectivity index (χ1n) is 5.78. The fourth-order valence-electron chi connectivity index (χ4n) is 1.69. The van der Waals surface area contributed by atoms with Crippen LogP contribution in [-0.2, 0) is 4.74 Å². The predicted octanol–water partition coefficient (Wildman–Crippen LogP) is 2.13. The molecule has 1 aromatic heterocycles. The second-order valence-electron chi connectivity index (χ2n) is 4.62. The second kappa shape index (κ2) is 4.85. The molecule has 0 aliphatic carbocycles. The molecule has 0 radical (unpaired) electrons. The van der Waals surface area contributed by atoms with Crippen molar-refractivity contribution in [1.29, 1.82) is 0 Å². The Morgan fingerprint density at radius 3 is 2.63 bits per heavy atom. The van der Waals surface area contributed by atoms with Gasteiger partial charge in [0.1, 0.15) is 11.4 Å². The third kappa shape index (κ3) is 3.20. The number of carbonyl (C=O) groups excluding carboxylic acids is 1. The van der Waals surface area contributed by atoms with E-state index in [1.807, 2.05) is 0 Å². The van der Waals surface area contributed by atoms with Crippen molar-refractivity contribution in [2.24, 2.45) is 0 Å². The maximum atomic E-state index is 11.4. The number of aliphatic hydroxyl groups is 1. The first-order valence-corrected chi connectivity index (χ1v) is 5.78. The van der Waals surface area contributed by atoms with Crippen molar-refractivity contribution in [3.63, 3.8) is 0 Å². The van der Waals surface area contributed by atoms with Crippen LogP contribution in [0.15, 0.2) is 30.5 Å². The largest absolute Gasteiger partial charge is 0.464 e. The Kier molecular flexibility index (Phi) is 3.40. The lowest BCUT2D eigenvalue weighted by Crippen LogP contribution is -2.26. The van der Waals surface area contributed by atoms with E-state index < -0.39 is 11.8 Å². The molecule has 5 nitrogen and oxygen atoms in total. The topological polar surface area (TPSA) is 68.7 Å². The van der Waals surface area contributed by atoms with Crippen molar-refractivity contribution >= 4 is 16.7 Å². The van der Waals surface area contributed by atoms with E-state index >= 15 is 0 Å². The van der Waals surface area contributed by atoms with Gasteiger partial charge in [-0.2, -0.15) is 0 Å². The average molecular weight is 261 g/mol. The summed E-state index contributed by atoms with van der Waals surface area (Å²) < 4.78 is 9.96. The highest BCUT2D eigenvalue weighted by atomic mass is 16.6. The molecule has 0 spiro atoms. The zero-order valence-electron chi connectivity index (χ0n) is 11.0. The molecule has 1 heterocycles. The molecule has 0 saturated carbocycles. The number of hydrogen-bond acceptors (Lipinski definition) is 5. The van der Waals surface area contributed by atoms with Gasteiger partial charge in [-0.25, -0.2) is 9.78 Å². The van der Waals surface area contributed by atoms with Crippen molar-refractivity contribution in [2.45, 2.75) is 19.6 Å². The van der Waals surface area contributed by atoms with Crippen LogP contribution in [0.4, 0.5) is 0 Å². The minimum atomic E-state index is -1.24. The highest BCUT2D eigenvalue weighted by Gasteiger charge is 2.14. The van der Waals surface area contributed by atoms with Crippen LogP contribution in [0.1, 0.15) is 24.3 Å². The van der Waals surface area contributed by atoms with Crippen molar-refractivity contribution in [3.05, 3.63) is 36.2 Å². The molecule has 0 aliphatic heterocycles. The van der Waals surface area contributed by atoms with E-state index in [4.69, 9.17) is 4.74 Å². The molecular weight excluding hydrogens is 246 g/mol. The number of methoxy groups -OCH3 is 1. The molecule has 0 fully saturated rings. The van der Waals surface area contributed by atoms with E-state index in [2.05, 4.69) is 9.72 Å². The Morgan fingerprint density at radius 2 is 2.00 bits per heavy atom. The summed E-state index contributed by atoms with van der Waals surface area (Å²) in [5.41, 5.74) is 0.256. The first-order chi connectivity index (χ1) is 8.89. The van der Waals surface area contributed by atoms with Crippen molar-refractivity contribution < 1.29 is 19.4 Å². The monoisotopic (exact) mass is 261 g/mol. The van der Waals surface area contributed by atoms with Gasteiger partial charge >= 0.3 is 5.97 Å². The maximum Gasteiger partial charge on any atom is 0.356 e. The van der Waals surface area contributed by atoms with Gasteiger partial charge in [-0.3, -0.25) is 0 Å². The lowest BCUT2D eigenvalue weighted by molar-refractivity contribution is -0.104. The van der Waals surface area contributed by atoms with Gasteiger partial charge in [0.15, 0.2) is 0 Å². The molecule has 19 heavy (non-hydrogen) atoms. The van der Waals surface area contributed by atoms with E-state index in [0.717, 1.165) is 10.8 Å². The SMILES string of the molecule is COC(=O)c1cc2ccc(OC(C)(C)O)cc2cn1. The van der Waals surface area contributed by atoms with Gasteiger partial charge in [0.2, 0.25) is 5.79 Å². The number of pyridine rings is 1. The number of aromatic nitrogens is 1. The number of esters is 1. The molecule has 0 aliphatic rings. The van der Waals surface area contributed by atoms with Crippen LogP contribution in [0.3, 0.4) is 0 Å². The molecule has 0 amide bonds. The van der Waals surface area contributed by atoms with Crippen LogP contribution in [0.2, 0.25) is 0 Å². The molecule has 0 atom stereocenters. The summed E-state index contributed by atoms with van der Waals surface area (Å²) >= 11 is 0. The number of benzene rings is 1. The summed E-state index contributed by atoms with van der Waals surface area (Å²) in [4.78, 5) is 15.4. The van der Waals surface area contributed by atoms with Gasteiger partial charge in [0.25, 0.3) is 0 Å². The first kappa shape index (κ1) is 13.3. The summed E-state index contributed by atoms with van der Waals surface area (Å²) in [6.45, 7) is 3.10. The predicted molar refractivity (Wildman–Crippen MR) is 70.0 cm³/mol. The molecule has 5 heteroatoms. The number of hydrogen-bond donors (Lipinski definition) is 1. The van der Waals surface area contributed by atoms with E-state index in [9.17, 15) is 9.90 Å². The Hall–Kier alpha value is -2.14. The Morgan fingerprint density at radius 1 is 1.26 bits per heavy atom. The number of rotatable bonds is 3. The third-order valence-electron chi connectivity index (χ3n) is 2.46. The van der Waals surface area contributed by atoms with Crippen molar-refractivity contribution in [1.82, 2.24) is 4.98 Å². The summed E-state index contributed by atoms with van der Waals surface area (Å²) in [5.74, 6) is -1.18. The molecule has 2 rings (SSSR count). The van der Waals surface area contributed by atoms with Crippen molar-refractivity contribution in [3.8, 4) is 5.75 Å². The van der Waals surface area contributed by atoms with E-state index in [-0.39, 0.29) is 5.69 Å². The average Bonchev–Trinajstić information content (AvgIpc) is 2.35. The summed E-state index contributed by atoms with van der Waals surface area (Å²) in [5, 5.41) is 11.3. The minimum absolute atomic E-state index is 0.256. The van der Waals surface area contributed by atoms with Crippen LogP contribution in [0.25, 0.3) is 10.8 Å². The molecule has 1 N–H and O–H groups in total. The maximum absolute atomic E-state index is 11.4. The fourth-order valence-corrected chi connectivity index (χ4v) is 1.69. The van der Waals surface area contributed by atoms with Crippen LogP contribution < -0.4 is 4.74 Å². The summed E-state index contributed by atoms with van der Waals surface area (Å²) in [7, 11) is 1.31. The molecule has 2 aromatic rings. The van der Waals surface area contributed by atoms with Crippen LogP contribution in [-0.4, -0.2) is 29.0 Å². The van der Waals surface area contributed by atoms with Gasteiger partial charge in [-0.05, 0) is 23.6 Å². The van der Waals surface area contributed by atoms with Crippen molar-refractivity contribution in [2.75, 3.05) is 7.11 Å². The fraction of sp³-hybridized carbons (Fsp3) is 0.286. The molecule has 0 saturated heterocycles. The number of fused-ring (bicyclic) bond motifs is 1. The Balaban J connectivity index is 2.38. The number of nitrogens with zero attached hydrogens (tertiary/aromatic N) is 1. The molecular formula is C14H15NO4. The standard InChI is InChI=1S/C14H15NO4/c1-14(2,17)19-11-5-4-9-7-12(13(16)18-3)15-8-10(9)6-11/h4-8,17H,1-3H3. The van der Waals surface area contributed by atoms with Crippen LogP contribution in [0.5, 0.6) is 5.75 Å². The molecule has 100 valence electrons. The number of carbonyl (C=O) groups is 1. The van der Waals surface area contributed by atoms with Gasteiger partial charge < -0.3 is 14.6 Å². The van der Waals surface area contributed by atoms with Gasteiger partial charge in [-0.15, -0.1) is 0 Å². The molecule has 0 unspecified atom stereocenters. The summed E-state index contributed by atoms with van der Waals surface area (Å²) in [6, 6.07) is 6.92. The normalized spacial score (nSPS) is 11.4. The zero-order chi connectivity index (χ0) is 14.0. The smallest absolute Gasteiger partial charge is 0.356 e. The van der Waals surface area contributed by atoms with Crippen LogP contribution >= 0.6 is 0 Å². The Bertz CT molecular complexity index is 616. The third-order valence-corrected chi connectivity index (χ3v) is 2.46. The van der Waals surface area contributed by atoms with Gasteiger partial charge in [-0.1, -0.05) is 6.07 Å². The quantitative estimate of drug-likeness (QED) is 0.677. The lowest BCUT2D eigenvalue weighted by atomic mass is 10.1. The minimum Gasteiger partial charge on any atom is -0.464 e. The molecule has 1 aromatic carbocycles. The van der Waals surface area contributed by atoms with E-state index in [0.29, 0.717) is 5.75 Å². The second-order valence-corrected chi connectivity index (χ2v) is 4.62. The van der Waals surface area contributed by atoms with Crippen LogP contribution in [0, 0.1) is 0 Å². The Labute approximate surface area is 110 Å². The van der Waals surface area contributed by atoms with Gasteiger partial charge in [0, 0.05) is 25.4 Å². The lowest BCUT2D eigenvalue weighted by Gasteiger charge is -2.19. The van der Waals surface area contributed by atoms with Gasteiger partial charge in [0.05, 0.1) is 7.11 Å². The molecule has 0 bridgehead atoms. The summed E-state index contributed by atoms with van der Waals surface area (Å²) in [6.07, 6.45) is 1.57. The number of ether oxygens (including phenoxy) is 2. The van der Waals surface area contributed by atoms with E-state index in [1.165, 1.54) is 7.11 Å². The zero-order valence-corrected chi connectivity index (χ0v) is 11.0. The van der Waals surface area contributed by atoms with E-state index in [1.54, 1.807) is 44.3 Å². The highest BCUT2D eigenvalue weighted by molar-refractivity contribution is 5.93. The highest BCUT2D eigenvalue weighted by Crippen LogP contribution is 2.23.